The number of hydrogen-bond donors (Lipinski definition) is 1. The Labute approximate surface area is 283 Å². The van der Waals surface area contributed by atoms with E-state index in [0.29, 0.717) is 29.2 Å². The number of benzene rings is 1. The normalized spacial score (nSPS) is 13.9. The number of allylic oxidation sites excluding steroid dienone is 2. The molecule has 0 heterocycles. The fraction of sp³-hybridized carbons (Fsp3) is 0.533. The Morgan fingerprint density at radius 1 is 1.18 bits per heavy atom. The van der Waals surface area contributed by atoms with Gasteiger partial charge in [0, 0.05) is 38.6 Å². The topological polar surface area (TPSA) is 93.1 Å². The van der Waals surface area contributed by atoms with Crippen LogP contribution in [0.1, 0.15) is 78.9 Å². The average molecular weight is 587 g/mol. The number of aliphatic hydroxyl groups excluding tert-OH is 1. The molecule has 0 radical (unpaired) electrons. The van der Waals surface area contributed by atoms with Gasteiger partial charge in [0.1, 0.15) is 6.10 Å². The predicted molar refractivity (Wildman–Crippen MR) is 159 cm³/mol. The van der Waals surface area contributed by atoms with E-state index in [9.17, 15) is 19.9 Å². The van der Waals surface area contributed by atoms with Crippen molar-refractivity contribution < 1.29 is 70.8 Å². The number of thioether (sulfide) groups is 1. The molecule has 1 rings (SSSR count). The van der Waals surface area contributed by atoms with Crippen molar-refractivity contribution in [2.45, 2.75) is 91.5 Å². The van der Waals surface area contributed by atoms with Gasteiger partial charge in [-0.1, -0.05) is 68.0 Å². The Balaban J connectivity index is 0. The second-order valence-corrected chi connectivity index (χ2v) is 10.1. The second kappa shape index (κ2) is 23.8. The Bertz CT molecular complexity index is 877. The van der Waals surface area contributed by atoms with Gasteiger partial charge >= 0.3 is 57.4 Å². The van der Waals surface area contributed by atoms with E-state index in [1.807, 2.05) is 58.0 Å². The van der Waals surface area contributed by atoms with Gasteiger partial charge in [0.2, 0.25) is 5.91 Å². The summed E-state index contributed by atoms with van der Waals surface area (Å²) in [6.07, 6.45) is 6.65. The molecule has 0 bridgehead atoms. The molecule has 9 heteroatoms. The van der Waals surface area contributed by atoms with E-state index in [1.165, 1.54) is 24.9 Å². The summed E-state index contributed by atoms with van der Waals surface area (Å²) in [6, 6.07) is 8.11. The van der Waals surface area contributed by atoms with E-state index < -0.39 is 24.2 Å². The average Bonchev–Trinajstić information content (AvgIpc) is 2.91. The summed E-state index contributed by atoms with van der Waals surface area (Å²) < 4.78 is 5.49. The number of amides is 1. The van der Waals surface area contributed by atoms with Gasteiger partial charge < -0.3 is 25.0 Å². The number of hydroxylamine groups is 2. The quantitative estimate of drug-likeness (QED) is 0.145. The molecule has 4 atom stereocenters. The molecule has 0 saturated heterocycles. The van der Waals surface area contributed by atoms with E-state index in [2.05, 4.69) is 6.58 Å². The number of carbonyl (C=O) groups is 2. The number of ether oxygens (including phenoxy) is 1. The van der Waals surface area contributed by atoms with Crippen molar-refractivity contribution in [3.63, 3.8) is 0 Å². The van der Waals surface area contributed by atoms with Crippen molar-refractivity contribution in [2.75, 3.05) is 12.8 Å². The summed E-state index contributed by atoms with van der Waals surface area (Å²) in [6.45, 7) is 14.9. The summed E-state index contributed by atoms with van der Waals surface area (Å²) in [4.78, 5) is 25.8. The van der Waals surface area contributed by atoms with E-state index in [1.54, 1.807) is 36.4 Å². The molecule has 0 aliphatic carbocycles. The van der Waals surface area contributed by atoms with Crippen LogP contribution in [0, 0.1) is 5.21 Å². The molecule has 2 unspecified atom stereocenters. The summed E-state index contributed by atoms with van der Waals surface area (Å²) in [5, 5.41) is 25.2. The Hall–Kier alpha value is -0.914. The molecular formula is C30H47KN2O5S. The van der Waals surface area contributed by atoms with Crippen LogP contribution >= 0.6 is 11.8 Å². The van der Waals surface area contributed by atoms with Crippen molar-refractivity contribution in [1.29, 1.82) is 0 Å². The molecule has 0 aliphatic rings. The fourth-order valence-corrected chi connectivity index (χ4v) is 4.21. The number of carbonyl (C=O) groups excluding carboxylic acids is 2. The maximum atomic E-state index is 12.5. The number of aliphatic hydroxyl groups is 1. The van der Waals surface area contributed by atoms with Gasteiger partial charge in [-0.15, -0.1) is 11.8 Å². The van der Waals surface area contributed by atoms with Gasteiger partial charge in [-0.05, 0) is 51.3 Å². The molecule has 0 saturated carbocycles. The molecule has 214 valence electrons. The van der Waals surface area contributed by atoms with Crippen LogP contribution in [0.2, 0.25) is 0 Å². The maximum Gasteiger partial charge on any atom is 1.00 e. The van der Waals surface area contributed by atoms with Crippen LogP contribution in [0.3, 0.4) is 0 Å². The van der Waals surface area contributed by atoms with E-state index >= 15 is 0 Å². The summed E-state index contributed by atoms with van der Waals surface area (Å²) >= 11 is 1.33. The van der Waals surface area contributed by atoms with Crippen LogP contribution in [0.15, 0.2) is 66.2 Å². The number of esters is 1. The van der Waals surface area contributed by atoms with Crippen molar-refractivity contribution in [1.82, 2.24) is 9.96 Å². The molecule has 0 aliphatic heterocycles. The first-order chi connectivity index (χ1) is 18.0. The van der Waals surface area contributed by atoms with Gasteiger partial charge in [-0.3, -0.25) is 9.59 Å². The molecule has 0 spiro atoms. The van der Waals surface area contributed by atoms with Crippen LogP contribution in [0.4, 0.5) is 0 Å². The monoisotopic (exact) mass is 586 g/mol. The molecule has 7 nitrogen and oxygen atoms in total. The Kier molecular flexibility index (Phi) is 24.5. The Morgan fingerprint density at radius 3 is 2.26 bits per heavy atom. The maximum absolute atomic E-state index is 12.5. The third-order valence-electron chi connectivity index (χ3n) is 5.91. The third-order valence-corrected chi connectivity index (χ3v) is 6.79. The minimum absolute atomic E-state index is 0. The van der Waals surface area contributed by atoms with Gasteiger partial charge in [-0.2, -0.15) is 0 Å². The Morgan fingerprint density at radius 2 is 1.77 bits per heavy atom. The molecule has 1 amide bonds. The minimum atomic E-state index is -0.917. The first-order valence-corrected chi connectivity index (χ1v) is 14.2. The molecule has 0 fully saturated rings. The van der Waals surface area contributed by atoms with Crippen molar-refractivity contribution in [3.05, 3.63) is 77.0 Å². The van der Waals surface area contributed by atoms with Crippen molar-refractivity contribution >= 4 is 23.6 Å². The van der Waals surface area contributed by atoms with Crippen LogP contribution in [-0.4, -0.2) is 57.9 Å². The smallest absolute Gasteiger partial charge is 0.758 e. The number of likely N-dealkylation sites (N-methyl/N-ethyl adjacent to an activating group) is 1. The minimum Gasteiger partial charge on any atom is -0.758 e. The van der Waals surface area contributed by atoms with Gasteiger partial charge in [-0.25, -0.2) is 0 Å². The molecule has 39 heavy (non-hydrogen) atoms. The molecule has 0 aromatic heterocycles. The van der Waals surface area contributed by atoms with E-state index in [-0.39, 0.29) is 63.3 Å². The zero-order chi connectivity index (χ0) is 29.1. The van der Waals surface area contributed by atoms with Gasteiger partial charge in [0.05, 0.1) is 12.1 Å². The zero-order valence-electron chi connectivity index (χ0n) is 25.1. The number of nitrogens with zero attached hydrogens (tertiary/aromatic N) is 2. The van der Waals surface area contributed by atoms with Crippen molar-refractivity contribution in [2.24, 2.45) is 0 Å². The van der Waals surface area contributed by atoms with E-state index in [0.717, 1.165) is 18.4 Å². The fourth-order valence-electron chi connectivity index (χ4n) is 3.47. The number of hydrogen-bond acceptors (Lipinski definition) is 7. The first-order valence-electron chi connectivity index (χ1n) is 13.1. The van der Waals surface area contributed by atoms with Crippen LogP contribution in [0.5, 0.6) is 0 Å². The standard InChI is InChI=1S/C26H39N2O5S.C4H8.K/c1-7-8-14-25(30)27(6)24(19(2)3)17-23(33-21(5)29)18-34-16-15-28(32)20(4)26(31)22-12-10-9-11-13-22;1-3-4-2;/h9-13,15-16,20,23-24,26,31H,2,7-8,14,17-18H2,1,3-6H3;3-4H,1-2H3;/q-1;;+1/b16-15+;;/t20?,23-,24-,26?;;/m1../s1. The predicted octanol–water partition coefficient (Wildman–Crippen LogP) is 3.61. The molecule has 1 aromatic rings. The van der Waals surface area contributed by atoms with Crippen LogP contribution < -0.4 is 51.4 Å². The van der Waals surface area contributed by atoms with Gasteiger partial charge in [0.15, 0.2) is 0 Å². The van der Waals surface area contributed by atoms with Crippen LogP contribution in [0.25, 0.3) is 0 Å². The molecule has 1 N–H and O–H groups in total. The SMILES string of the molecule is C=C(C)[C@@H](C[C@H](CS/C=C/N([O-])C(C)C(O)c1ccccc1)OC(C)=O)N(C)C(=O)CCCC.CC=CC.[K+]. The third kappa shape index (κ3) is 17.5. The second-order valence-electron chi connectivity index (χ2n) is 9.18. The van der Waals surface area contributed by atoms with E-state index in [4.69, 9.17) is 4.74 Å². The summed E-state index contributed by atoms with van der Waals surface area (Å²) in [5.41, 5.74) is 1.50. The summed E-state index contributed by atoms with van der Waals surface area (Å²) in [7, 11) is 1.75. The first kappa shape index (κ1) is 40.2. The largest absolute Gasteiger partial charge is 1.00 e. The van der Waals surface area contributed by atoms with Crippen LogP contribution in [-0.2, 0) is 14.3 Å². The van der Waals surface area contributed by atoms with Gasteiger partial charge in [0.25, 0.3) is 0 Å². The summed E-state index contributed by atoms with van der Waals surface area (Å²) in [5.74, 6) is 0.0531. The number of rotatable bonds is 15. The molecular weight excluding hydrogens is 540 g/mol. The van der Waals surface area contributed by atoms with Crippen molar-refractivity contribution in [3.8, 4) is 0 Å². The zero-order valence-corrected chi connectivity index (χ0v) is 29.1. The number of unbranched alkanes of at least 4 members (excludes halogenated alkanes) is 1. The molecule has 1 aromatic carbocycles.